The van der Waals surface area contributed by atoms with Crippen molar-refractivity contribution < 1.29 is 4.79 Å². The van der Waals surface area contributed by atoms with E-state index in [9.17, 15) is 4.79 Å². The molecule has 2 N–H and O–H groups in total. The number of piperidine rings is 2. The Balaban J connectivity index is 1.51. The zero-order chi connectivity index (χ0) is 19.7. The predicted molar refractivity (Wildman–Crippen MR) is 112 cm³/mol. The number of fused-ring (bicyclic) bond motifs is 5. The SMILES string of the molecule is CC(=O)N1CCC(c2nc3cc4c(cc3[nH]2)[C@]2(C)CCN[C@H](C4)C2(C)C)CC1. The topological polar surface area (TPSA) is 61.0 Å². The average molecular weight is 381 g/mol. The molecule has 5 heteroatoms. The van der Waals surface area contributed by atoms with Crippen molar-refractivity contribution in [2.75, 3.05) is 19.6 Å². The molecule has 1 amide bonds. The highest BCUT2D eigenvalue weighted by Gasteiger charge is 2.53. The molecule has 2 aliphatic heterocycles. The van der Waals surface area contributed by atoms with Gasteiger partial charge in [-0.2, -0.15) is 0 Å². The van der Waals surface area contributed by atoms with Gasteiger partial charge in [-0.25, -0.2) is 4.98 Å². The first-order chi connectivity index (χ1) is 13.3. The summed E-state index contributed by atoms with van der Waals surface area (Å²) in [4.78, 5) is 22.2. The fraction of sp³-hybridized carbons (Fsp3) is 0.652. The number of aromatic nitrogens is 2. The van der Waals surface area contributed by atoms with E-state index in [-0.39, 0.29) is 16.7 Å². The molecule has 2 bridgehead atoms. The Hall–Kier alpha value is -1.88. The third-order valence-corrected chi connectivity index (χ3v) is 8.38. The number of carbonyl (C=O) groups is 1. The van der Waals surface area contributed by atoms with Crippen LogP contribution in [0, 0.1) is 5.41 Å². The number of H-pyrrole nitrogens is 1. The summed E-state index contributed by atoms with van der Waals surface area (Å²) in [5.74, 6) is 1.71. The zero-order valence-corrected chi connectivity index (χ0v) is 17.6. The van der Waals surface area contributed by atoms with Crippen LogP contribution in [0.15, 0.2) is 12.1 Å². The third-order valence-electron chi connectivity index (χ3n) is 8.38. The number of likely N-dealkylation sites (tertiary alicyclic amines) is 1. The highest BCUT2D eigenvalue weighted by molar-refractivity contribution is 5.78. The Morgan fingerprint density at radius 1 is 1.21 bits per heavy atom. The number of carbonyl (C=O) groups excluding carboxylic acids is 1. The average Bonchev–Trinajstić information content (AvgIpc) is 3.06. The summed E-state index contributed by atoms with van der Waals surface area (Å²) in [6.07, 6.45) is 4.26. The summed E-state index contributed by atoms with van der Waals surface area (Å²) >= 11 is 0. The van der Waals surface area contributed by atoms with Crippen LogP contribution in [0.25, 0.3) is 11.0 Å². The van der Waals surface area contributed by atoms with Gasteiger partial charge < -0.3 is 15.2 Å². The van der Waals surface area contributed by atoms with Gasteiger partial charge in [-0.3, -0.25) is 4.79 Å². The van der Waals surface area contributed by atoms with Crippen LogP contribution >= 0.6 is 0 Å². The first kappa shape index (κ1) is 18.2. The molecule has 3 aliphatic rings. The Bertz CT molecular complexity index is 937. The van der Waals surface area contributed by atoms with Gasteiger partial charge in [0.2, 0.25) is 5.91 Å². The van der Waals surface area contributed by atoms with E-state index in [1.54, 1.807) is 6.92 Å². The Labute approximate surface area is 167 Å². The van der Waals surface area contributed by atoms with E-state index in [4.69, 9.17) is 4.98 Å². The van der Waals surface area contributed by atoms with Gasteiger partial charge in [-0.15, -0.1) is 0 Å². The molecule has 0 radical (unpaired) electrons. The second-order valence-electron chi connectivity index (χ2n) is 9.94. The lowest BCUT2D eigenvalue weighted by molar-refractivity contribution is -0.129. The van der Waals surface area contributed by atoms with Crippen LogP contribution in [0.4, 0.5) is 0 Å². The number of amides is 1. The fourth-order valence-electron chi connectivity index (χ4n) is 5.95. The number of rotatable bonds is 1. The maximum Gasteiger partial charge on any atom is 0.219 e. The standard InChI is InChI=1S/C23H32N4O/c1-14(28)27-9-5-15(6-10-27)21-25-18-11-16-12-20-22(2,3)23(4,7-8-24-20)17(16)13-19(18)26-21/h11,13,15,20,24H,5-10,12H2,1-4H3,(H,25,26)/t20-,23+/m1/s1. The molecule has 2 fully saturated rings. The van der Waals surface area contributed by atoms with E-state index in [0.717, 1.165) is 50.2 Å². The molecule has 5 rings (SSSR count). The maximum absolute atomic E-state index is 11.6. The molecule has 1 aromatic heterocycles. The molecule has 0 spiro atoms. The van der Waals surface area contributed by atoms with Gasteiger partial charge in [-0.1, -0.05) is 20.8 Å². The van der Waals surface area contributed by atoms with E-state index in [0.29, 0.717) is 12.0 Å². The number of hydrogen-bond acceptors (Lipinski definition) is 3. The van der Waals surface area contributed by atoms with Crippen LogP contribution in [0.2, 0.25) is 0 Å². The molecule has 28 heavy (non-hydrogen) atoms. The summed E-state index contributed by atoms with van der Waals surface area (Å²) in [7, 11) is 0. The van der Waals surface area contributed by atoms with Crippen molar-refractivity contribution in [2.24, 2.45) is 5.41 Å². The van der Waals surface area contributed by atoms with E-state index in [2.05, 4.69) is 43.2 Å². The van der Waals surface area contributed by atoms with Crippen LogP contribution in [0.3, 0.4) is 0 Å². The predicted octanol–water partition coefficient (Wildman–Crippen LogP) is 3.49. The largest absolute Gasteiger partial charge is 0.343 e. The van der Waals surface area contributed by atoms with Gasteiger partial charge in [0.1, 0.15) is 5.82 Å². The van der Waals surface area contributed by atoms with E-state index in [1.165, 1.54) is 23.1 Å². The van der Waals surface area contributed by atoms with Crippen molar-refractivity contribution in [3.8, 4) is 0 Å². The van der Waals surface area contributed by atoms with Crippen molar-refractivity contribution in [2.45, 2.75) is 70.8 Å². The van der Waals surface area contributed by atoms with Crippen molar-refractivity contribution in [1.29, 1.82) is 0 Å². The minimum absolute atomic E-state index is 0.186. The van der Waals surface area contributed by atoms with Crippen LogP contribution in [-0.2, 0) is 16.6 Å². The number of nitrogens with one attached hydrogen (secondary N) is 2. The molecule has 5 nitrogen and oxygen atoms in total. The second kappa shape index (κ2) is 6.06. The first-order valence-corrected chi connectivity index (χ1v) is 10.8. The third kappa shape index (κ3) is 2.48. The molecule has 1 aliphatic carbocycles. The quantitative estimate of drug-likeness (QED) is 0.796. The molecule has 3 heterocycles. The second-order valence-corrected chi connectivity index (χ2v) is 9.94. The first-order valence-electron chi connectivity index (χ1n) is 10.8. The normalized spacial score (nSPS) is 29.7. The molecule has 0 saturated carbocycles. The maximum atomic E-state index is 11.6. The molecule has 2 atom stereocenters. The van der Waals surface area contributed by atoms with Crippen LogP contribution < -0.4 is 5.32 Å². The molecular formula is C23H32N4O. The van der Waals surface area contributed by atoms with E-state index < -0.39 is 0 Å². The minimum atomic E-state index is 0.186. The van der Waals surface area contributed by atoms with Crippen LogP contribution in [0.1, 0.15) is 69.8 Å². The Morgan fingerprint density at radius 2 is 1.96 bits per heavy atom. The number of hydrogen-bond donors (Lipinski definition) is 2. The van der Waals surface area contributed by atoms with Crippen molar-refractivity contribution >= 4 is 16.9 Å². The van der Waals surface area contributed by atoms with Gasteiger partial charge >= 0.3 is 0 Å². The van der Waals surface area contributed by atoms with E-state index >= 15 is 0 Å². The molecule has 150 valence electrons. The lowest BCUT2D eigenvalue weighted by atomic mass is 9.51. The highest BCUT2D eigenvalue weighted by atomic mass is 16.2. The summed E-state index contributed by atoms with van der Waals surface area (Å²) in [5.41, 5.74) is 5.71. The van der Waals surface area contributed by atoms with E-state index in [1.807, 2.05) is 4.90 Å². The van der Waals surface area contributed by atoms with Crippen molar-refractivity contribution in [3.05, 3.63) is 29.1 Å². The van der Waals surface area contributed by atoms with Crippen LogP contribution in [-0.4, -0.2) is 46.5 Å². The number of aromatic amines is 1. The van der Waals surface area contributed by atoms with Gasteiger partial charge in [-0.05, 0) is 60.9 Å². The van der Waals surface area contributed by atoms with Gasteiger partial charge in [0.15, 0.2) is 0 Å². The molecule has 2 aromatic rings. The Morgan fingerprint density at radius 3 is 2.68 bits per heavy atom. The molecule has 0 unspecified atom stereocenters. The summed E-state index contributed by atoms with van der Waals surface area (Å²) in [6.45, 7) is 11.8. The minimum Gasteiger partial charge on any atom is -0.343 e. The molecule has 2 saturated heterocycles. The molecule has 1 aromatic carbocycles. The zero-order valence-electron chi connectivity index (χ0n) is 17.6. The summed E-state index contributed by atoms with van der Waals surface area (Å²) in [6, 6.07) is 5.27. The summed E-state index contributed by atoms with van der Waals surface area (Å²) in [5, 5.41) is 3.76. The monoisotopic (exact) mass is 380 g/mol. The van der Waals surface area contributed by atoms with Gasteiger partial charge in [0.05, 0.1) is 11.0 Å². The number of imidazole rings is 1. The number of benzene rings is 1. The van der Waals surface area contributed by atoms with Gasteiger partial charge in [0.25, 0.3) is 0 Å². The summed E-state index contributed by atoms with van der Waals surface area (Å²) < 4.78 is 0. The fourth-order valence-corrected chi connectivity index (χ4v) is 5.95. The van der Waals surface area contributed by atoms with Crippen molar-refractivity contribution in [3.63, 3.8) is 0 Å². The highest BCUT2D eigenvalue weighted by Crippen LogP contribution is 2.54. The van der Waals surface area contributed by atoms with Gasteiger partial charge in [0, 0.05) is 37.4 Å². The Kier molecular flexibility index (Phi) is 3.93. The number of nitrogens with zero attached hydrogens (tertiary/aromatic N) is 2. The van der Waals surface area contributed by atoms with Crippen molar-refractivity contribution in [1.82, 2.24) is 20.2 Å². The smallest absolute Gasteiger partial charge is 0.219 e. The molecular weight excluding hydrogens is 348 g/mol. The van der Waals surface area contributed by atoms with Crippen LogP contribution in [0.5, 0.6) is 0 Å². The lowest BCUT2D eigenvalue weighted by Gasteiger charge is -2.57. The lowest BCUT2D eigenvalue weighted by Crippen LogP contribution is -2.62.